The topological polar surface area (TPSA) is 49.6 Å². The first-order chi connectivity index (χ1) is 14.1. The quantitative estimate of drug-likeness (QED) is 0.775. The number of carbonyl (C=O) groups excluding carboxylic acids is 1. The monoisotopic (exact) mass is 389 g/mol. The van der Waals surface area contributed by atoms with Gasteiger partial charge in [0.15, 0.2) is 0 Å². The van der Waals surface area contributed by atoms with Gasteiger partial charge in [-0.15, -0.1) is 6.58 Å². The Balaban J connectivity index is 1.57. The first kappa shape index (κ1) is 19.9. The van der Waals surface area contributed by atoms with Gasteiger partial charge in [-0.1, -0.05) is 42.8 Å². The van der Waals surface area contributed by atoms with Crippen LogP contribution < -0.4 is 10.6 Å². The van der Waals surface area contributed by atoms with Crippen LogP contribution in [0.4, 0.5) is 5.69 Å². The molecule has 2 aliphatic heterocycles. The molecule has 4 heteroatoms. The maximum Gasteiger partial charge on any atom is 0.224 e. The number of piperidine rings is 1. The molecule has 2 N–H and O–H groups in total. The molecule has 0 unspecified atom stereocenters. The van der Waals surface area contributed by atoms with E-state index in [1.165, 1.54) is 43.5 Å². The van der Waals surface area contributed by atoms with Gasteiger partial charge < -0.3 is 10.6 Å². The van der Waals surface area contributed by atoms with E-state index in [0.717, 1.165) is 23.4 Å². The van der Waals surface area contributed by atoms with Crippen molar-refractivity contribution in [1.29, 1.82) is 0 Å². The van der Waals surface area contributed by atoms with Crippen LogP contribution in [0.1, 0.15) is 49.8 Å². The van der Waals surface area contributed by atoms with E-state index in [2.05, 4.69) is 47.9 Å². The fourth-order valence-corrected chi connectivity index (χ4v) is 4.70. The van der Waals surface area contributed by atoms with Gasteiger partial charge in [0.1, 0.15) is 0 Å². The third-order valence-corrected chi connectivity index (χ3v) is 6.27. The largest absolute Gasteiger partial charge is 0.324 e. The Labute approximate surface area is 174 Å². The van der Waals surface area contributed by atoms with Crippen LogP contribution in [0.3, 0.4) is 0 Å². The zero-order valence-electron chi connectivity index (χ0n) is 17.3. The normalized spacial score (nSPS) is 22.2. The number of hydrogen-bond acceptors (Lipinski definition) is 3. The average Bonchev–Trinajstić information content (AvgIpc) is 2.74. The standard InChI is InChI=1S/C25H31N3O/c1-3-22-16-24(26)23-15-21(11-12-25(23)28(22)18(2)29)20-9-7-19(8-10-20)17-27-13-5-4-6-14-27/h3,7-12,15,22,24H,1,4-6,13-14,16-17,26H2,2H3/t22-,24+/m0/s1. The number of carbonyl (C=O) groups is 1. The second-order valence-electron chi connectivity index (χ2n) is 8.34. The summed E-state index contributed by atoms with van der Waals surface area (Å²) in [5.41, 5.74) is 12.1. The van der Waals surface area contributed by atoms with Crippen molar-refractivity contribution in [2.45, 2.75) is 51.2 Å². The van der Waals surface area contributed by atoms with Crippen molar-refractivity contribution in [3.8, 4) is 11.1 Å². The molecule has 1 saturated heterocycles. The predicted molar refractivity (Wildman–Crippen MR) is 120 cm³/mol. The van der Waals surface area contributed by atoms with Crippen LogP contribution in [-0.2, 0) is 11.3 Å². The van der Waals surface area contributed by atoms with E-state index in [1.807, 2.05) is 17.0 Å². The second-order valence-corrected chi connectivity index (χ2v) is 8.34. The number of amides is 1. The van der Waals surface area contributed by atoms with E-state index in [1.54, 1.807) is 6.92 Å². The highest BCUT2D eigenvalue weighted by Crippen LogP contribution is 2.38. The van der Waals surface area contributed by atoms with E-state index in [4.69, 9.17) is 5.73 Å². The highest BCUT2D eigenvalue weighted by atomic mass is 16.2. The van der Waals surface area contributed by atoms with Crippen molar-refractivity contribution < 1.29 is 4.79 Å². The van der Waals surface area contributed by atoms with Gasteiger partial charge in [0.25, 0.3) is 0 Å². The Kier molecular flexibility index (Phi) is 5.84. The smallest absolute Gasteiger partial charge is 0.224 e. The van der Waals surface area contributed by atoms with Gasteiger partial charge in [-0.05, 0) is 66.7 Å². The number of fused-ring (bicyclic) bond motifs is 1. The van der Waals surface area contributed by atoms with Crippen LogP contribution in [0.25, 0.3) is 11.1 Å². The molecule has 2 aromatic carbocycles. The third-order valence-electron chi connectivity index (χ3n) is 6.27. The van der Waals surface area contributed by atoms with E-state index in [0.29, 0.717) is 6.42 Å². The molecule has 2 atom stereocenters. The summed E-state index contributed by atoms with van der Waals surface area (Å²) in [5.74, 6) is 0.0258. The van der Waals surface area contributed by atoms with E-state index in [-0.39, 0.29) is 18.0 Å². The molecule has 2 aliphatic rings. The lowest BCUT2D eigenvalue weighted by Crippen LogP contribution is -2.44. The van der Waals surface area contributed by atoms with Gasteiger partial charge in [0.05, 0.1) is 6.04 Å². The summed E-state index contributed by atoms with van der Waals surface area (Å²) in [6.45, 7) is 8.95. The molecule has 0 saturated carbocycles. The maximum atomic E-state index is 12.2. The molecule has 4 rings (SSSR count). The molecule has 0 spiro atoms. The van der Waals surface area contributed by atoms with Crippen LogP contribution in [0.2, 0.25) is 0 Å². The highest BCUT2D eigenvalue weighted by molar-refractivity contribution is 5.94. The number of likely N-dealkylation sites (tertiary alicyclic amines) is 1. The van der Waals surface area contributed by atoms with Crippen molar-refractivity contribution in [2.24, 2.45) is 5.73 Å². The van der Waals surface area contributed by atoms with Gasteiger partial charge >= 0.3 is 0 Å². The Hall–Kier alpha value is -2.43. The Morgan fingerprint density at radius 2 is 1.79 bits per heavy atom. The summed E-state index contributed by atoms with van der Waals surface area (Å²) in [5, 5.41) is 0. The molecule has 2 heterocycles. The fraction of sp³-hybridized carbons (Fsp3) is 0.400. The number of nitrogens with zero attached hydrogens (tertiary/aromatic N) is 2. The zero-order chi connectivity index (χ0) is 20.4. The Bertz CT molecular complexity index is 883. The fourth-order valence-electron chi connectivity index (χ4n) is 4.70. The zero-order valence-corrected chi connectivity index (χ0v) is 17.3. The summed E-state index contributed by atoms with van der Waals surface area (Å²) < 4.78 is 0. The van der Waals surface area contributed by atoms with Gasteiger partial charge in [0.2, 0.25) is 5.91 Å². The molecule has 4 nitrogen and oxygen atoms in total. The molecule has 0 aliphatic carbocycles. The van der Waals surface area contributed by atoms with Gasteiger partial charge in [-0.2, -0.15) is 0 Å². The molecular weight excluding hydrogens is 358 g/mol. The van der Waals surface area contributed by atoms with Crippen LogP contribution in [0, 0.1) is 0 Å². The molecule has 2 aromatic rings. The average molecular weight is 390 g/mol. The lowest BCUT2D eigenvalue weighted by molar-refractivity contribution is -0.117. The molecule has 1 amide bonds. The molecule has 0 radical (unpaired) electrons. The van der Waals surface area contributed by atoms with Gasteiger partial charge in [0, 0.05) is 25.2 Å². The molecule has 29 heavy (non-hydrogen) atoms. The number of nitrogens with two attached hydrogens (primary N) is 1. The van der Waals surface area contributed by atoms with Crippen molar-refractivity contribution >= 4 is 11.6 Å². The van der Waals surface area contributed by atoms with Crippen LogP contribution in [0.15, 0.2) is 55.1 Å². The minimum Gasteiger partial charge on any atom is -0.324 e. The molecule has 1 fully saturated rings. The van der Waals surface area contributed by atoms with E-state index >= 15 is 0 Å². The first-order valence-corrected chi connectivity index (χ1v) is 10.7. The number of benzene rings is 2. The summed E-state index contributed by atoms with van der Waals surface area (Å²) in [6, 6.07) is 15.0. The van der Waals surface area contributed by atoms with Crippen molar-refractivity contribution in [2.75, 3.05) is 18.0 Å². The Morgan fingerprint density at radius 3 is 2.45 bits per heavy atom. The van der Waals surface area contributed by atoms with Crippen LogP contribution >= 0.6 is 0 Å². The predicted octanol–water partition coefficient (Wildman–Crippen LogP) is 4.65. The van der Waals surface area contributed by atoms with E-state index < -0.39 is 0 Å². The van der Waals surface area contributed by atoms with Crippen LogP contribution in [0.5, 0.6) is 0 Å². The van der Waals surface area contributed by atoms with Gasteiger partial charge in [-0.3, -0.25) is 9.69 Å². The number of hydrogen-bond donors (Lipinski definition) is 1. The molecule has 0 aromatic heterocycles. The molecule has 152 valence electrons. The second kappa shape index (κ2) is 8.52. The SMILES string of the molecule is C=C[C@H]1C[C@@H](N)c2cc(-c3ccc(CN4CCCCC4)cc3)ccc2N1C(C)=O. The van der Waals surface area contributed by atoms with Crippen molar-refractivity contribution in [3.63, 3.8) is 0 Å². The minimum atomic E-state index is -0.0954. The van der Waals surface area contributed by atoms with Crippen LogP contribution in [-0.4, -0.2) is 29.9 Å². The summed E-state index contributed by atoms with van der Waals surface area (Å²) in [7, 11) is 0. The number of anilines is 1. The lowest BCUT2D eigenvalue weighted by atomic mass is 9.89. The minimum absolute atomic E-state index is 0.0258. The third kappa shape index (κ3) is 4.14. The highest BCUT2D eigenvalue weighted by Gasteiger charge is 2.31. The summed E-state index contributed by atoms with van der Waals surface area (Å²) in [6.07, 6.45) is 6.52. The maximum absolute atomic E-state index is 12.2. The summed E-state index contributed by atoms with van der Waals surface area (Å²) in [4.78, 5) is 16.6. The molecule has 0 bridgehead atoms. The first-order valence-electron chi connectivity index (χ1n) is 10.7. The lowest BCUT2D eigenvalue weighted by Gasteiger charge is -2.38. The van der Waals surface area contributed by atoms with Crippen molar-refractivity contribution in [3.05, 3.63) is 66.2 Å². The Morgan fingerprint density at radius 1 is 1.10 bits per heavy atom. The van der Waals surface area contributed by atoms with E-state index in [9.17, 15) is 4.79 Å². The molecular formula is C25H31N3O. The van der Waals surface area contributed by atoms with Gasteiger partial charge in [-0.25, -0.2) is 0 Å². The van der Waals surface area contributed by atoms with Crippen molar-refractivity contribution in [1.82, 2.24) is 4.90 Å². The number of rotatable bonds is 4. The summed E-state index contributed by atoms with van der Waals surface area (Å²) >= 11 is 0.